The van der Waals surface area contributed by atoms with Crippen molar-refractivity contribution in [3.8, 4) is 0 Å². The van der Waals surface area contributed by atoms with Crippen LogP contribution in [0, 0.1) is 0 Å². The van der Waals surface area contributed by atoms with Crippen LogP contribution in [0.25, 0.3) is 11.2 Å². The van der Waals surface area contributed by atoms with Crippen molar-refractivity contribution in [2.24, 2.45) is 0 Å². The molecule has 0 amide bonds. The molecule has 0 aliphatic carbocycles. The van der Waals surface area contributed by atoms with Crippen molar-refractivity contribution in [2.75, 3.05) is 32.0 Å². The highest BCUT2D eigenvalue weighted by atomic mass is 16.5. The zero-order chi connectivity index (χ0) is 18.9. The van der Waals surface area contributed by atoms with Crippen molar-refractivity contribution < 1.29 is 9.47 Å². The highest BCUT2D eigenvalue weighted by molar-refractivity contribution is 5.81. The van der Waals surface area contributed by atoms with Gasteiger partial charge in [0.15, 0.2) is 11.5 Å². The normalized spacial score (nSPS) is 12.5. The zero-order valence-corrected chi connectivity index (χ0v) is 15.5. The number of nitrogen functional groups attached to an aromatic ring is 1. The minimum absolute atomic E-state index is 0.0368. The van der Waals surface area contributed by atoms with Gasteiger partial charge in [0.1, 0.15) is 11.8 Å². The van der Waals surface area contributed by atoms with Crippen LogP contribution in [-0.2, 0) is 22.6 Å². The van der Waals surface area contributed by atoms with Crippen molar-refractivity contribution in [1.29, 1.82) is 0 Å². The molecular formula is C19H26N6O2. The lowest BCUT2D eigenvalue weighted by Gasteiger charge is -2.14. The number of hydrogen-bond donors (Lipinski definition) is 2. The Hall–Kier alpha value is -2.55. The highest BCUT2D eigenvalue weighted by Gasteiger charge is 2.10. The maximum atomic E-state index is 5.84. The summed E-state index contributed by atoms with van der Waals surface area (Å²) in [5, 5.41) is 3.32. The lowest BCUT2D eigenvalue weighted by molar-refractivity contribution is 0.0551. The van der Waals surface area contributed by atoms with E-state index in [1.165, 1.54) is 11.9 Å². The van der Waals surface area contributed by atoms with E-state index in [1.54, 1.807) is 6.33 Å². The third-order valence-corrected chi connectivity index (χ3v) is 4.10. The van der Waals surface area contributed by atoms with E-state index in [9.17, 15) is 0 Å². The quantitative estimate of drug-likeness (QED) is 0.495. The van der Waals surface area contributed by atoms with E-state index in [1.807, 2.05) is 29.7 Å². The van der Waals surface area contributed by atoms with Gasteiger partial charge in [-0.05, 0) is 12.5 Å². The molecule has 8 nitrogen and oxygen atoms in total. The molecule has 0 bridgehead atoms. The SMILES string of the molecule is C[C@H](Cn1cnc2c(N)ncnc21)OCCNCCOCc1ccccc1. The monoisotopic (exact) mass is 370 g/mol. The predicted molar refractivity (Wildman–Crippen MR) is 104 cm³/mol. The Morgan fingerprint density at radius 1 is 1.11 bits per heavy atom. The molecule has 8 heteroatoms. The molecule has 0 spiro atoms. The molecule has 1 atom stereocenters. The van der Waals surface area contributed by atoms with E-state index in [0.29, 0.717) is 37.7 Å². The summed E-state index contributed by atoms with van der Waals surface area (Å²) in [7, 11) is 0. The fourth-order valence-electron chi connectivity index (χ4n) is 2.73. The molecule has 2 heterocycles. The van der Waals surface area contributed by atoms with E-state index < -0.39 is 0 Å². The van der Waals surface area contributed by atoms with Gasteiger partial charge in [0.2, 0.25) is 0 Å². The van der Waals surface area contributed by atoms with E-state index in [-0.39, 0.29) is 6.10 Å². The van der Waals surface area contributed by atoms with Gasteiger partial charge in [-0.15, -0.1) is 0 Å². The van der Waals surface area contributed by atoms with Crippen LogP contribution in [0.15, 0.2) is 43.0 Å². The van der Waals surface area contributed by atoms with Crippen molar-refractivity contribution in [2.45, 2.75) is 26.2 Å². The van der Waals surface area contributed by atoms with Gasteiger partial charge in [-0.1, -0.05) is 30.3 Å². The third-order valence-electron chi connectivity index (χ3n) is 4.10. The van der Waals surface area contributed by atoms with Crippen molar-refractivity contribution in [3.63, 3.8) is 0 Å². The molecule has 0 saturated carbocycles. The minimum atomic E-state index is 0.0368. The first-order chi connectivity index (χ1) is 13.2. The summed E-state index contributed by atoms with van der Waals surface area (Å²) in [5.74, 6) is 0.394. The van der Waals surface area contributed by atoms with Gasteiger partial charge < -0.3 is 25.1 Å². The van der Waals surface area contributed by atoms with Crippen molar-refractivity contribution in [3.05, 3.63) is 48.5 Å². The van der Waals surface area contributed by atoms with Crippen LogP contribution < -0.4 is 11.1 Å². The van der Waals surface area contributed by atoms with Crippen LogP contribution in [0.2, 0.25) is 0 Å². The zero-order valence-electron chi connectivity index (χ0n) is 15.5. The van der Waals surface area contributed by atoms with Crippen LogP contribution in [0.3, 0.4) is 0 Å². The van der Waals surface area contributed by atoms with Crippen LogP contribution in [0.5, 0.6) is 0 Å². The molecule has 1 aromatic carbocycles. The number of fused-ring (bicyclic) bond motifs is 1. The number of nitrogens with two attached hydrogens (primary N) is 1. The average Bonchev–Trinajstić information content (AvgIpc) is 3.09. The van der Waals surface area contributed by atoms with Gasteiger partial charge in [0.25, 0.3) is 0 Å². The summed E-state index contributed by atoms with van der Waals surface area (Å²) in [5.41, 5.74) is 8.35. The second-order valence-corrected chi connectivity index (χ2v) is 6.30. The molecular weight excluding hydrogens is 344 g/mol. The van der Waals surface area contributed by atoms with E-state index >= 15 is 0 Å². The molecule has 0 radical (unpaired) electrons. The van der Waals surface area contributed by atoms with E-state index in [4.69, 9.17) is 15.2 Å². The summed E-state index contributed by atoms with van der Waals surface area (Å²) in [6, 6.07) is 10.2. The Morgan fingerprint density at radius 2 is 1.93 bits per heavy atom. The number of nitrogens with one attached hydrogen (secondary N) is 1. The van der Waals surface area contributed by atoms with E-state index in [0.717, 1.165) is 18.7 Å². The lowest BCUT2D eigenvalue weighted by Crippen LogP contribution is -2.26. The average molecular weight is 370 g/mol. The molecule has 3 rings (SSSR count). The molecule has 0 aliphatic rings. The number of imidazole rings is 1. The number of hydrogen-bond acceptors (Lipinski definition) is 7. The van der Waals surface area contributed by atoms with Crippen molar-refractivity contribution in [1.82, 2.24) is 24.8 Å². The number of benzene rings is 1. The Kier molecular flexibility index (Phi) is 7.09. The number of rotatable bonds is 11. The predicted octanol–water partition coefficient (Wildman–Crippen LogP) is 1.62. The lowest BCUT2D eigenvalue weighted by atomic mass is 10.2. The number of ether oxygens (including phenoxy) is 2. The van der Waals surface area contributed by atoms with Crippen molar-refractivity contribution >= 4 is 17.0 Å². The molecule has 0 saturated heterocycles. The van der Waals surface area contributed by atoms with Gasteiger partial charge in [-0.3, -0.25) is 0 Å². The van der Waals surface area contributed by atoms with Gasteiger partial charge in [-0.2, -0.15) is 0 Å². The number of aromatic nitrogens is 4. The smallest absolute Gasteiger partial charge is 0.165 e. The summed E-state index contributed by atoms with van der Waals surface area (Å²) in [6.07, 6.45) is 3.21. The van der Waals surface area contributed by atoms with Crippen LogP contribution in [0.1, 0.15) is 12.5 Å². The Balaban J connectivity index is 1.27. The second kappa shape index (κ2) is 9.96. The fourth-order valence-corrected chi connectivity index (χ4v) is 2.73. The third kappa shape index (κ3) is 5.72. The summed E-state index contributed by atoms with van der Waals surface area (Å²) in [6.45, 7) is 6.21. The maximum absolute atomic E-state index is 5.84. The molecule has 3 aromatic rings. The van der Waals surface area contributed by atoms with Gasteiger partial charge in [0, 0.05) is 13.1 Å². The standard InChI is InChI=1S/C19H26N6O2/c1-15(11-25-14-24-17-18(20)22-13-23-19(17)25)27-10-8-21-7-9-26-12-16-5-3-2-4-6-16/h2-6,13-15,21H,7-12H2,1H3,(H2,20,22,23)/t15-/m1/s1. The summed E-state index contributed by atoms with van der Waals surface area (Å²) < 4.78 is 13.4. The highest BCUT2D eigenvalue weighted by Crippen LogP contribution is 2.14. The second-order valence-electron chi connectivity index (χ2n) is 6.30. The maximum Gasteiger partial charge on any atom is 0.165 e. The fraction of sp³-hybridized carbons (Fsp3) is 0.421. The van der Waals surface area contributed by atoms with Crippen LogP contribution in [-0.4, -0.2) is 51.9 Å². The topological polar surface area (TPSA) is 100 Å². The summed E-state index contributed by atoms with van der Waals surface area (Å²) in [4.78, 5) is 12.5. The molecule has 0 fully saturated rings. The van der Waals surface area contributed by atoms with Gasteiger partial charge in [0.05, 0.1) is 38.8 Å². The summed E-state index contributed by atoms with van der Waals surface area (Å²) >= 11 is 0. The Bertz CT molecular complexity index is 823. The largest absolute Gasteiger partial charge is 0.382 e. The first-order valence-corrected chi connectivity index (χ1v) is 9.09. The first kappa shape index (κ1) is 19.2. The van der Waals surface area contributed by atoms with Gasteiger partial charge in [-0.25, -0.2) is 15.0 Å². The number of anilines is 1. The van der Waals surface area contributed by atoms with E-state index in [2.05, 4.69) is 32.4 Å². The van der Waals surface area contributed by atoms with Crippen LogP contribution in [0.4, 0.5) is 5.82 Å². The molecule has 0 unspecified atom stereocenters. The molecule has 3 N–H and O–H groups in total. The minimum Gasteiger partial charge on any atom is -0.382 e. The number of nitrogens with zero attached hydrogens (tertiary/aromatic N) is 4. The first-order valence-electron chi connectivity index (χ1n) is 9.09. The Labute approximate surface area is 158 Å². The molecule has 2 aromatic heterocycles. The molecule has 0 aliphatic heterocycles. The van der Waals surface area contributed by atoms with Crippen LogP contribution >= 0.6 is 0 Å². The van der Waals surface area contributed by atoms with Gasteiger partial charge >= 0.3 is 0 Å². The molecule has 144 valence electrons. The Morgan fingerprint density at radius 3 is 2.78 bits per heavy atom. The molecule has 27 heavy (non-hydrogen) atoms.